The van der Waals surface area contributed by atoms with Gasteiger partial charge in [0.15, 0.2) is 0 Å². The Morgan fingerprint density at radius 2 is 1.78 bits per heavy atom. The van der Waals surface area contributed by atoms with Crippen LogP contribution in [0.5, 0.6) is 5.75 Å². The van der Waals surface area contributed by atoms with Gasteiger partial charge in [-0.25, -0.2) is 0 Å². The number of likely N-dealkylation sites (tertiary alicyclic amines) is 1. The Balaban J connectivity index is 1.66. The molecule has 2 heterocycles. The minimum atomic E-state index is -0.678. The zero-order valence-electron chi connectivity index (χ0n) is 20.8. The number of benzene rings is 2. The van der Waals surface area contributed by atoms with Gasteiger partial charge in [0.1, 0.15) is 18.1 Å². The van der Waals surface area contributed by atoms with E-state index in [1.54, 1.807) is 41.6 Å². The lowest BCUT2D eigenvalue weighted by atomic mass is 9.94. The average Bonchev–Trinajstić information content (AvgIpc) is 3.13. The highest BCUT2D eigenvalue weighted by Gasteiger charge is 2.45. The number of pyridine rings is 1. The third-order valence-electron chi connectivity index (χ3n) is 6.27. The van der Waals surface area contributed by atoms with Crippen molar-refractivity contribution in [3.8, 4) is 5.75 Å². The summed E-state index contributed by atoms with van der Waals surface area (Å²) in [6.07, 6.45) is 3.95. The molecule has 4 rings (SSSR count). The zero-order chi connectivity index (χ0) is 25.7. The molecular weight excluding hydrogens is 454 g/mol. The van der Waals surface area contributed by atoms with Crippen molar-refractivity contribution < 1.29 is 19.4 Å². The number of carbonyl (C=O) groups is 2. The van der Waals surface area contributed by atoms with E-state index >= 15 is 0 Å². The highest BCUT2D eigenvalue weighted by molar-refractivity contribution is 6.46. The van der Waals surface area contributed by atoms with E-state index in [4.69, 9.17) is 4.74 Å². The third-order valence-corrected chi connectivity index (χ3v) is 6.27. The summed E-state index contributed by atoms with van der Waals surface area (Å²) in [6.45, 7) is 3.44. The zero-order valence-corrected chi connectivity index (χ0v) is 20.8. The van der Waals surface area contributed by atoms with Crippen molar-refractivity contribution in [2.45, 2.75) is 26.0 Å². The van der Waals surface area contributed by atoms with Gasteiger partial charge in [0.05, 0.1) is 11.6 Å². The van der Waals surface area contributed by atoms with Gasteiger partial charge in [0, 0.05) is 24.5 Å². The third kappa shape index (κ3) is 5.47. The lowest BCUT2D eigenvalue weighted by molar-refractivity contribution is -0.139. The summed E-state index contributed by atoms with van der Waals surface area (Å²) in [4.78, 5) is 33.9. The molecule has 186 valence electrons. The number of hydrogen-bond acceptors (Lipinski definition) is 6. The van der Waals surface area contributed by atoms with Crippen LogP contribution >= 0.6 is 0 Å². The van der Waals surface area contributed by atoms with Gasteiger partial charge >= 0.3 is 0 Å². The summed E-state index contributed by atoms with van der Waals surface area (Å²) in [6, 6.07) is 18.0. The Kier molecular flexibility index (Phi) is 7.80. The van der Waals surface area contributed by atoms with Crippen molar-refractivity contribution in [1.29, 1.82) is 0 Å². The molecule has 1 fully saturated rings. The lowest BCUT2D eigenvalue weighted by Gasteiger charge is -2.26. The highest BCUT2D eigenvalue weighted by atomic mass is 16.5. The Labute approximate surface area is 211 Å². The molecule has 1 atom stereocenters. The van der Waals surface area contributed by atoms with Crippen molar-refractivity contribution in [3.63, 3.8) is 0 Å². The second kappa shape index (κ2) is 11.2. The summed E-state index contributed by atoms with van der Waals surface area (Å²) >= 11 is 0. The van der Waals surface area contributed by atoms with Crippen LogP contribution in [0.1, 0.15) is 34.7 Å². The van der Waals surface area contributed by atoms with Gasteiger partial charge < -0.3 is 19.6 Å². The van der Waals surface area contributed by atoms with Crippen LogP contribution in [0, 0.1) is 6.92 Å². The number of rotatable bonds is 9. The molecule has 0 spiro atoms. The van der Waals surface area contributed by atoms with Gasteiger partial charge in [-0.05, 0) is 81.0 Å². The van der Waals surface area contributed by atoms with Crippen LogP contribution in [0.25, 0.3) is 5.76 Å². The van der Waals surface area contributed by atoms with Gasteiger partial charge in [-0.2, -0.15) is 0 Å². The van der Waals surface area contributed by atoms with E-state index in [0.29, 0.717) is 30.9 Å². The first-order chi connectivity index (χ1) is 17.4. The number of aliphatic hydroxyl groups is 1. The van der Waals surface area contributed by atoms with Crippen molar-refractivity contribution in [3.05, 3.63) is 101 Å². The molecule has 0 unspecified atom stereocenters. The topological polar surface area (TPSA) is 83.0 Å². The fraction of sp³-hybridized carbons (Fsp3) is 0.276. The normalized spacial score (nSPS) is 17.1. The standard InChI is InChI=1S/C29H31N3O4/c1-20-18-23(36-19-21-8-5-4-6-9-21)10-11-24(20)27(33)25-26(22-12-14-30-15-13-22)32(29(35)28(25)34)17-7-16-31(2)3/h4-6,8-15,18,26,33H,7,16-17,19H2,1-3H3/t26-/m0/s1. The van der Waals surface area contributed by atoms with E-state index in [2.05, 4.69) is 4.98 Å². The minimum Gasteiger partial charge on any atom is -0.507 e. The molecule has 0 bridgehead atoms. The quantitative estimate of drug-likeness (QED) is 0.276. The number of hydrogen-bond donors (Lipinski definition) is 1. The summed E-state index contributed by atoms with van der Waals surface area (Å²) in [5, 5.41) is 11.4. The number of amides is 1. The fourth-order valence-corrected chi connectivity index (χ4v) is 4.44. The molecule has 36 heavy (non-hydrogen) atoms. The van der Waals surface area contributed by atoms with E-state index in [9.17, 15) is 14.7 Å². The van der Waals surface area contributed by atoms with Crippen LogP contribution in [0.15, 0.2) is 78.6 Å². The summed E-state index contributed by atoms with van der Waals surface area (Å²) in [5.41, 5.74) is 3.11. The van der Waals surface area contributed by atoms with Crippen LogP contribution in [-0.2, 0) is 16.2 Å². The Morgan fingerprint density at radius 1 is 1.06 bits per heavy atom. The molecule has 1 saturated heterocycles. The molecule has 1 aromatic heterocycles. The molecule has 1 aliphatic heterocycles. The molecule has 7 nitrogen and oxygen atoms in total. The first-order valence-electron chi connectivity index (χ1n) is 12.0. The van der Waals surface area contributed by atoms with E-state index in [0.717, 1.165) is 23.2 Å². The lowest BCUT2D eigenvalue weighted by Crippen LogP contribution is -2.32. The maximum Gasteiger partial charge on any atom is 0.295 e. The smallest absolute Gasteiger partial charge is 0.295 e. The largest absolute Gasteiger partial charge is 0.507 e. The van der Waals surface area contributed by atoms with Gasteiger partial charge in [0.2, 0.25) is 0 Å². The maximum atomic E-state index is 13.2. The minimum absolute atomic E-state index is 0.0945. The number of Topliss-reactive ketones (excluding diaryl/α,β-unsaturated/α-hetero) is 1. The number of aryl methyl sites for hydroxylation is 1. The van der Waals surface area contributed by atoms with Crippen LogP contribution in [0.4, 0.5) is 0 Å². The van der Waals surface area contributed by atoms with Crippen molar-refractivity contribution >= 4 is 17.4 Å². The van der Waals surface area contributed by atoms with Gasteiger partial charge in [0.25, 0.3) is 11.7 Å². The first-order valence-corrected chi connectivity index (χ1v) is 12.0. The molecule has 1 amide bonds. The predicted molar refractivity (Wildman–Crippen MR) is 138 cm³/mol. The Morgan fingerprint density at radius 3 is 2.44 bits per heavy atom. The van der Waals surface area contributed by atoms with Crippen LogP contribution in [-0.4, -0.2) is 58.8 Å². The molecule has 0 saturated carbocycles. The van der Waals surface area contributed by atoms with Crippen molar-refractivity contribution in [1.82, 2.24) is 14.8 Å². The van der Waals surface area contributed by atoms with E-state index in [-0.39, 0.29) is 11.3 Å². The number of aromatic nitrogens is 1. The van der Waals surface area contributed by atoms with E-state index < -0.39 is 17.7 Å². The number of ether oxygens (including phenoxy) is 1. The second-order valence-corrected chi connectivity index (χ2v) is 9.18. The number of carbonyl (C=O) groups excluding carboxylic acids is 2. The van der Waals surface area contributed by atoms with Gasteiger partial charge in [-0.1, -0.05) is 30.3 Å². The van der Waals surface area contributed by atoms with Crippen LogP contribution in [0.2, 0.25) is 0 Å². The highest BCUT2D eigenvalue weighted by Crippen LogP contribution is 2.40. The molecule has 2 aromatic carbocycles. The van der Waals surface area contributed by atoms with E-state index in [1.807, 2.05) is 62.3 Å². The van der Waals surface area contributed by atoms with Crippen LogP contribution < -0.4 is 4.74 Å². The SMILES string of the molecule is Cc1cc(OCc2ccccc2)ccc1C(O)=C1C(=O)C(=O)N(CCCN(C)C)[C@H]1c1ccncc1. The molecular formula is C29H31N3O4. The number of ketones is 1. The van der Waals surface area contributed by atoms with Crippen molar-refractivity contribution in [2.75, 3.05) is 27.2 Å². The predicted octanol–water partition coefficient (Wildman–Crippen LogP) is 4.34. The molecule has 0 radical (unpaired) electrons. The maximum absolute atomic E-state index is 13.2. The van der Waals surface area contributed by atoms with Gasteiger partial charge in [-0.15, -0.1) is 0 Å². The number of nitrogens with zero attached hydrogens (tertiary/aromatic N) is 3. The molecule has 1 aliphatic rings. The second-order valence-electron chi connectivity index (χ2n) is 9.18. The summed E-state index contributed by atoms with van der Waals surface area (Å²) < 4.78 is 5.90. The molecule has 1 N–H and O–H groups in total. The Bertz CT molecular complexity index is 1260. The molecule has 3 aromatic rings. The summed E-state index contributed by atoms with van der Waals surface area (Å²) in [5.74, 6) is -0.805. The van der Waals surface area contributed by atoms with Gasteiger partial charge in [-0.3, -0.25) is 14.6 Å². The summed E-state index contributed by atoms with van der Waals surface area (Å²) in [7, 11) is 3.93. The first kappa shape index (κ1) is 25.1. The van der Waals surface area contributed by atoms with E-state index in [1.165, 1.54) is 0 Å². The van der Waals surface area contributed by atoms with Crippen LogP contribution in [0.3, 0.4) is 0 Å². The number of aliphatic hydroxyl groups excluding tert-OH is 1. The molecule has 0 aliphatic carbocycles. The molecule has 7 heteroatoms. The monoisotopic (exact) mass is 485 g/mol. The fourth-order valence-electron chi connectivity index (χ4n) is 4.44. The Hall–Kier alpha value is -3.97. The average molecular weight is 486 g/mol. The van der Waals surface area contributed by atoms with Crippen molar-refractivity contribution in [2.24, 2.45) is 0 Å².